The molecule has 0 bridgehead atoms. The second-order valence-corrected chi connectivity index (χ2v) is 11.6. The Hall–Kier alpha value is -4.39. The standard InChI is InChI=1S/C31H28ClN7O4S.ClH/c1-20-34-18-39(35-20)29-27-26(25(43-2)16-33-29)24(17-38(27)19-44-23-10-8-22(32)9-11-23)28(40)31(42)37-14-12-36(13-15-37)30(41)21-6-4-3-5-7-21;/h3-11,16-18H,12-15,19H2,1-2H3;1H. The van der Waals surface area contributed by atoms with E-state index in [1.165, 1.54) is 30.0 Å². The Morgan fingerprint density at radius 2 is 1.64 bits per heavy atom. The van der Waals surface area contributed by atoms with Crippen LogP contribution in [0.3, 0.4) is 0 Å². The summed E-state index contributed by atoms with van der Waals surface area (Å²) in [5.74, 6) is 0.341. The summed E-state index contributed by atoms with van der Waals surface area (Å²) in [5, 5.41) is 5.53. The van der Waals surface area contributed by atoms with Gasteiger partial charge in [0.1, 0.15) is 17.9 Å². The minimum absolute atomic E-state index is 0. The number of ketones is 1. The highest BCUT2D eigenvalue weighted by Gasteiger charge is 2.32. The van der Waals surface area contributed by atoms with Gasteiger partial charge in [0.2, 0.25) is 0 Å². The molecule has 45 heavy (non-hydrogen) atoms. The van der Waals surface area contributed by atoms with Gasteiger partial charge in [0.05, 0.1) is 35.6 Å². The molecule has 1 aliphatic rings. The number of fused-ring (bicyclic) bond motifs is 1. The first-order chi connectivity index (χ1) is 21.3. The molecule has 1 saturated heterocycles. The molecule has 3 aromatic heterocycles. The highest BCUT2D eigenvalue weighted by atomic mass is 35.5. The van der Waals surface area contributed by atoms with Crippen LogP contribution in [0, 0.1) is 6.92 Å². The van der Waals surface area contributed by atoms with E-state index in [-0.39, 0.29) is 37.0 Å². The third kappa shape index (κ3) is 6.53. The molecule has 6 rings (SSSR count). The number of nitrogens with zero attached hydrogens (tertiary/aromatic N) is 7. The van der Waals surface area contributed by atoms with Gasteiger partial charge in [-0.2, -0.15) is 5.10 Å². The van der Waals surface area contributed by atoms with Gasteiger partial charge < -0.3 is 19.1 Å². The number of thioether (sulfide) groups is 1. The quantitative estimate of drug-likeness (QED) is 0.130. The third-order valence-electron chi connectivity index (χ3n) is 7.38. The van der Waals surface area contributed by atoms with E-state index in [0.717, 1.165) is 4.90 Å². The Kier molecular flexibility index (Phi) is 9.76. The lowest BCUT2D eigenvalue weighted by Gasteiger charge is -2.34. The number of benzene rings is 2. The van der Waals surface area contributed by atoms with E-state index in [4.69, 9.17) is 16.3 Å². The number of aromatic nitrogens is 5. The number of rotatable bonds is 8. The van der Waals surface area contributed by atoms with Gasteiger partial charge in [-0.3, -0.25) is 14.4 Å². The lowest BCUT2D eigenvalue weighted by Crippen LogP contribution is -2.52. The molecule has 0 aliphatic carbocycles. The first-order valence-corrected chi connectivity index (χ1v) is 15.2. The maximum absolute atomic E-state index is 13.9. The maximum Gasteiger partial charge on any atom is 0.295 e. The normalized spacial score (nSPS) is 13.0. The molecule has 14 heteroatoms. The van der Waals surface area contributed by atoms with E-state index < -0.39 is 11.7 Å². The zero-order chi connectivity index (χ0) is 30.8. The molecule has 0 unspecified atom stereocenters. The van der Waals surface area contributed by atoms with Crippen molar-refractivity contribution in [1.29, 1.82) is 0 Å². The number of Topliss-reactive ketones (excluding diaryl/α,β-unsaturated/α-hetero) is 1. The van der Waals surface area contributed by atoms with Crippen molar-refractivity contribution < 1.29 is 19.1 Å². The second-order valence-electron chi connectivity index (χ2n) is 10.1. The molecule has 4 heterocycles. The zero-order valence-corrected chi connectivity index (χ0v) is 26.8. The van der Waals surface area contributed by atoms with Gasteiger partial charge in [-0.15, -0.1) is 24.2 Å². The van der Waals surface area contributed by atoms with E-state index in [2.05, 4.69) is 15.1 Å². The molecular weight excluding hydrogens is 637 g/mol. The van der Waals surface area contributed by atoms with Crippen LogP contribution in [0.25, 0.3) is 16.7 Å². The molecule has 0 radical (unpaired) electrons. The number of piperazine rings is 1. The number of carbonyl (C=O) groups is 3. The Morgan fingerprint density at radius 3 is 2.29 bits per heavy atom. The van der Waals surface area contributed by atoms with Gasteiger partial charge in [0.15, 0.2) is 5.82 Å². The van der Waals surface area contributed by atoms with Crippen molar-refractivity contribution in [2.24, 2.45) is 0 Å². The second kappa shape index (κ2) is 13.7. The average molecular weight is 667 g/mol. The van der Waals surface area contributed by atoms with Crippen LogP contribution in [0.1, 0.15) is 26.5 Å². The first-order valence-electron chi connectivity index (χ1n) is 13.8. The summed E-state index contributed by atoms with van der Waals surface area (Å²) in [5.41, 5.74) is 1.36. The number of pyridine rings is 1. The lowest BCUT2D eigenvalue weighted by molar-refractivity contribution is -0.127. The SMILES string of the molecule is COc1cnc(-n2cnc(C)n2)c2c1c(C(=O)C(=O)N1CCN(C(=O)c3ccccc3)CC1)cn2CSc1ccc(Cl)cc1.Cl. The smallest absolute Gasteiger partial charge is 0.295 e. The largest absolute Gasteiger partial charge is 0.494 e. The van der Waals surface area contributed by atoms with Crippen molar-refractivity contribution in [3.05, 3.63) is 95.3 Å². The number of hydrogen-bond acceptors (Lipinski definition) is 8. The monoisotopic (exact) mass is 665 g/mol. The van der Waals surface area contributed by atoms with Crippen molar-refractivity contribution in [2.45, 2.75) is 17.7 Å². The predicted molar refractivity (Wildman–Crippen MR) is 174 cm³/mol. The van der Waals surface area contributed by atoms with Gasteiger partial charge in [-0.1, -0.05) is 29.8 Å². The minimum atomic E-state index is -0.668. The molecule has 5 aromatic rings. The van der Waals surface area contributed by atoms with Crippen LogP contribution in [0.5, 0.6) is 5.75 Å². The van der Waals surface area contributed by atoms with E-state index in [1.807, 2.05) is 47.0 Å². The molecule has 0 saturated carbocycles. The fourth-order valence-electron chi connectivity index (χ4n) is 5.15. The molecule has 1 aliphatic heterocycles. The molecule has 232 valence electrons. The molecular formula is C31H29Cl2N7O4S. The van der Waals surface area contributed by atoms with Gasteiger partial charge >= 0.3 is 0 Å². The third-order valence-corrected chi connectivity index (χ3v) is 8.65. The van der Waals surface area contributed by atoms with Crippen molar-refractivity contribution >= 4 is 64.3 Å². The number of halogens is 2. The van der Waals surface area contributed by atoms with Crippen molar-refractivity contribution in [3.63, 3.8) is 0 Å². The maximum atomic E-state index is 13.9. The molecule has 0 spiro atoms. The highest BCUT2D eigenvalue weighted by molar-refractivity contribution is 7.98. The Balaban J connectivity index is 0.00000400. The Labute approximate surface area is 274 Å². The topological polar surface area (TPSA) is 115 Å². The summed E-state index contributed by atoms with van der Waals surface area (Å²) in [4.78, 5) is 53.4. The average Bonchev–Trinajstić information content (AvgIpc) is 3.67. The predicted octanol–water partition coefficient (Wildman–Crippen LogP) is 4.93. The van der Waals surface area contributed by atoms with Crippen LogP contribution in [0.2, 0.25) is 5.02 Å². The van der Waals surface area contributed by atoms with E-state index >= 15 is 0 Å². The van der Waals surface area contributed by atoms with E-state index in [1.54, 1.807) is 41.2 Å². The summed E-state index contributed by atoms with van der Waals surface area (Å²) < 4.78 is 9.06. The molecule has 0 N–H and O–H groups in total. The van der Waals surface area contributed by atoms with Gasteiger partial charge in [-0.05, 0) is 43.3 Å². The molecule has 2 amide bonds. The Bertz CT molecular complexity index is 1850. The Morgan fingerprint density at radius 1 is 0.956 bits per heavy atom. The molecule has 11 nitrogen and oxygen atoms in total. The molecule has 0 atom stereocenters. The highest BCUT2D eigenvalue weighted by Crippen LogP contribution is 2.36. The number of hydrogen-bond donors (Lipinski definition) is 0. The number of methoxy groups -OCH3 is 1. The summed E-state index contributed by atoms with van der Waals surface area (Å²) in [6.45, 7) is 2.92. The van der Waals surface area contributed by atoms with Crippen molar-refractivity contribution in [2.75, 3.05) is 33.3 Å². The van der Waals surface area contributed by atoms with Crippen molar-refractivity contribution in [3.8, 4) is 11.6 Å². The zero-order valence-electron chi connectivity index (χ0n) is 24.4. The van der Waals surface area contributed by atoms with Crippen LogP contribution in [0.15, 0.2) is 78.2 Å². The number of aryl methyl sites for hydroxylation is 1. The minimum Gasteiger partial charge on any atom is -0.494 e. The summed E-state index contributed by atoms with van der Waals surface area (Å²) in [7, 11) is 1.49. The van der Waals surface area contributed by atoms with Crippen LogP contribution in [-0.4, -0.2) is 85.0 Å². The van der Waals surface area contributed by atoms with Crippen molar-refractivity contribution in [1.82, 2.24) is 34.1 Å². The fourth-order valence-corrected chi connectivity index (χ4v) is 6.09. The number of amides is 2. The summed E-state index contributed by atoms with van der Waals surface area (Å²) in [6.07, 6.45) is 4.73. The fraction of sp³-hybridized carbons (Fsp3) is 0.226. The van der Waals surface area contributed by atoms with Crippen LogP contribution in [-0.2, 0) is 10.7 Å². The number of carbonyl (C=O) groups excluding carboxylic acids is 3. The summed E-state index contributed by atoms with van der Waals surface area (Å²) >= 11 is 7.60. The summed E-state index contributed by atoms with van der Waals surface area (Å²) in [6, 6.07) is 16.5. The first kappa shape index (κ1) is 32.0. The molecule has 2 aromatic carbocycles. The van der Waals surface area contributed by atoms with Gasteiger partial charge in [-0.25, -0.2) is 14.6 Å². The van der Waals surface area contributed by atoms with Crippen LogP contribution >= 0.6 is 35.8 Å². The number of ether oxygens (including phenoxy) is 1. The van der Waals surface area contributed by atoms with Gasteiger partial charge in [0.25, 0.3) is 17.6 Å². The van der Waals surface area contributed by atoms with Crippen LogP contribution in [0.4, 0.5) is 0 Å². The molecule has 1 fully saturated rings. The van der Waals surface area contributed by atoms with E-state index in [0.29, 0.717) is 57.8 Å². The van der Waals surface area contributed by atoms with Crippen LogP contribution < -0.4 is 4.74 Å². The van der Waals surface area contributed by atoms with Gasteiger partial charge in [0, 0.05) is 47.9 Å². The lowest BCUT2D eigenvalue weighted by atomic mass is 10.1. The van der Waals surface area contributed by atoms with E-state index in [9.17, 15) is 14.4 Å².